The predicted molar refractivity (Wildman–Crippen MR) is 66.3 cm³/mol. The summed E-state index contributed by atoms with van der Waals surface area (Å²) in [5.41, 5.74) is 6.71. The van der Waals surface area contributed by atoms with Crippen LogP contribution in [0.25, 0.3) is 0 Å². The Kier molecular flexibility index (Phi) is 3.48. The molecule has 0 spiro atoms. The summed E-state index contributed by atoms with van der Waals surface area (Å²) in [5, 5.41) is 13.0. The van der Waals surface area contributed by atoms with Gasteiger partial charge in [-0.1, -0.05) is 41.7 Å². The monoisotopic (exact) mass is 234 g/mol. The minimum absolute atomic E-state index is 0.222. The summed E-state index contributed by atoms with van der Waals surface area (Å²) in [4.78, 5) is 0. The van der Waals surface area contributed by atoms with Gasteiger partial charge in [0.2, 0.25) is 5.13 Å². The molecule has 1 unspecified atom stereocenters. The van der Waals surface area contributed by atoms with Crippen molar-refractivity contribution in [3.05, 3.63) is 40.9 Å². The number of hydrogen-bond donors (Lipinski definition) is 2. The average Bonchev–Trinajstić information content (AvgIpc) is 2.78. The highest BCUT2D eigenvalue weighted by molar-refractivity contribution is 7.15. The van der Waals surface area contributed by atoms with E-state index >= 15 is 0 Å². The van der Waals surface area contributed by atoms with E-state index in [9.17, 15) is 0 Å². The number of benzene rings is 1. The normalized spacial score (nSPS) is 12.4. The maximum absolute atomic E-state index is 5.49. The molecule has 3 N–H and O–H groups in total. The Bertz CT molecular complexity index is 440. The van der Waals surface area contributed by atoms with Crippen LogP contribution in [-0.2, 0) is 6.54 Å². The summed E-state index contributed by atoms with van der Waals surface area (Å²) in [6.45, 7) is 2.54. The lowest BCUT2D eigenvalue weighted by Gasteiger charge is -2.12. The van der Waals surface area contributed by atoms with Crippen LogP contribution in [0.2, 0.25) is 0 Å². The van der Waals surface area contributed by atoms with Gasteiger partial charge < -0.3 is 11.1 Å². The Morgan fingerprint density at radius 2 is 2.06 bits per heavy atom. The molecule has 1 aromatic heterocycles. The van der Waals surface area contributed by atoms with Gasteiger partial charge in [-0.3, -0.25) is 0 Å². The first-order chi connectivity index (χ1) is 7.79. The second-order valence-electron chi connectivity index (χ2n) is 3.48. The van der Waals surface area contributed by atoms with E-state index in [1.165, 1.54) is 16.9 Å². The molecule has 0 aliphatic rings. The number of hydrogen-bond acceptors (Lipinski definition) is 5. The van der Waals surface area contributed by atoms with E-state index in [1.54, 1.807) is 0 Å². The molecule has 16 heavy (non-hydrogen) atoms. The van der Waals surface area contributed by atoms with Crippen LogP contribution in [0, 0.1) is 0 Å². The zero-order valence-corrected chi connectivity index (χ0v) is 9.87. The minimum atomic E-state index is 0.222. The Balaban J connectivity index is 2.05. The summed E-state index contributed by atoms with van der Waals surface area (Å²) in [6.07, 6.45) is 0. The van der Waals surface area contributed by atoms with E-state index in [-0.39, 0.29) is 6.04 Å². The maximum Gasteiger partial charge on any atom is 0.206 e. The summed E-state index contributed by atoms with van der Waals surface area (Å²) >= 11 is 1.50. The van der Waals surface area contributed by atoms with E-state index < -0.39 is 0 Å². The van der Waals surface area contributed by atoms with Gasteiger partial charge in [-0.2, -0.15) is 0 Å². The fraction of sp³-hybridized carbons (Fsp3) is 0.273. The van der Waals surface area contributed by atoms with Crippen molar-refractivity contribution in [3.63, 3.8) is 0 Å². The van der Waals surface area contributed by atoms with Crippen LogP contribution in [0.3, 0.4) is 0 Å². The first-order valence-corrected chi connectivity index (χ1v) is 5.95. The van der Waals surface area contributed by atoms with Gasteiger partial charge in [-0.15, -0.1) is 10.2 Å². The zero-order chi connectivity index (χ0) is 11.4. The highest BCUT2D eigenvalue weighted by Gasteiger charge is 2.08. The van der Waals surface area contributed by atoms with Crippen molar-refractivity contribution in [2.75, 3.05) is 5.32 Å². The molecule has 1 heterocycles. The fourth-order valence-electron chi connectivity index (χ4n) is 1.40. The molecule has 4 nitrogen and oxygen atoms in total. The smallest absolute Gasteiger partial charge is 0.206 e. The molecule has 2 rings (SSSR count). The van der Waals surface area contributed by atoms with E-state index in [0.29, 0.717) is 6.54 Å². The van der Waals surface area contributed by atoms with Gasteiger partial charge in [0, 0.05) is 6.54 Å². The molecule has 0 aliphatic carbocycles. The van der Waals surface area contributed by atoms with Crippen molar-refractivity contribution < 1.29 is 0 Å². The third-order valence-corrected chi connectivity index (χ3v) is 3.16. The molecule has 0 bridgehead atoms. The van der Waals surface area contributed by atoms with E-state index in [1.807, 2.05) is 18.2 Å². The highest BCUT2D eigenvalue weighted by Crippen LogP contribution is 2.21. The average molecular weight is 234 g/mol. The van der Waals surface area contributed by atoms with Crippen molar-refractivity contribution in [2.24, 2.45) is 5.73 Å². The summed E-state index contributed by atoms with van der Waals surface area (Å²) in [6, 6.07) is 10.5. The van der Waals surface area contributed by atoms with Crippen molar-refractivity contribution in [1.82, 2.24) is 10.2 Å². The van der Waals surface area contributed by atoms with Crippen LogP contribution in [0.15, 0.2) is 30.3 Å². The highest BCUT2D eigenvalue weighted by atomic mass is 32.1. The largest absolute Gasteiger partial charge is 0.354 e. The Morgan fingerprint density at radius 1 is 1.31 bits per heavy atom. The number of nitrogens with one attached hydrogen (secondary N) is 1. The second-order valence-corrected chi connectivity index (χ2v) is 4.54. The molecule has 84 valence electrons. The lowest BCUT2D eigenvalue weighted by atomic mass is 10.1. The molecular weight excluding hydrogens is 220 g/mol. The lowest BCUT2D eigenvalue weighted by Crippen LogP contribution is -2.05. The molecular formula is C11H14N4S. The minimum Gasteiger partial charge on any atom is -0.354 e. The van der Waals surface area contributed by atoms with Crippen molar-refractivity contribution >= 4 is 16.5 Å². The SMILES string of the molecule is CC(Nc1nnc(CN)s1)c1ccccc1. The van der Waals surface area contributed by atoms with E-state index in [4.69, 9.17) is 5.73 Å². The Hall–Kier alpha value is -1.46. The molecule has 0 saturated heterocycles. The van der Waals surface area contributed by atoms with Gasteiger partial charge in [0.05, 0.1) is 6.04 Å². The van der Waals surface area contributed by atoms with Crippen LogP contribution < -0.4 is 11.1 Å². The van der Waals surface area contributed by atoms with Crippen LogP contribution in [-0.4, -0.2) is 10.2 Å². The molecule has 5 heteroatoms. The van der Waals surface area contributed by atoms with Gasteiger partial charge in [0.15, 0.2) is 0 Å². The molecule has 0 aliphatic heterocycles. The van der Waals surface area contributed by atoms with Crippen LogP contribution in [0.4, 0.5) is 5.13 Å². The third kappa shape index (κ3) is 2.56. The first-order valence-electron chi connectivity index (χ1n) is 5.13. The number of aromatic nitrogens is 2. The summed E-state index contributed by atoms with van der Waals surface area (Å²) < 4.78 is 0. The number of anilines is 1. The Morgan fingerprint density at radius 3 is 2.69 bits per heavy atom. The Labute approximate surface area is 98.5 Å². The molecule has 0 amide bonds. The molecule has 1 atom stereocenters. The number of nitrogens with two attached hydrogens (primary N) is 1. The fourth-order valence-corrected chi connectivity index (χ4v) is 2.11. The van der Waals surface area contributed by atoms with Crippen LogP contribution >= 0.6 is 11.3 Å². The second kappa shape index (κ2) is 5.05. The third-order valence-electron chi connectivity index (χ3n) is 2.28. The summed E-state index contributed by atoms with van der Waals surface area (Å²) in [7, 11) is 0. The van der Waals surface area contributed by atoms with E-state index in [2.05, 4.69) is 34.6 Å². The van der Waals surface area contributed by atoms with Crippen LogP contribution in [0.5, 0.6) is 0 Å². The predicted octanol–water partition coefficient (Wildman–Crippen LogP) is 2.17. The molecule has 0 fully saturated rings. The first kappa shape index (κ1) is 11.0. The lowest BCUT2D eigenvalue weighted by molar-refractivity contribution is 0.869. The van der Waals surface area contributed by atoms with Crippen molar-refractivity contribution in [2.45, 2.75) is 19.5 Å². The molecule has 0 radical (unpaired) electrons. The van der Waals surface area contributed by atoms with Crippen molar-refractivity contribution in [1.29, 1.82) is 0 Å². The number of nitrogens with zero attached hydrogens (tertiary/aromatic N) is 2. The maximum atomic E-state index is 5.49. The van der Waals surface area contributed by atoms with Gasteiger partial charge in [0.25, 0.3) is 0 Å². The summed E-state index contributed by atoms with van der Waals surface area (Å²) in [5.74, 6) is 0. The number of rotatable bonds is 4. The standard InChI is InChI=1S/C11H14N4S/c1-8(9-5-3-2-4-6-9)13-11-15-14-10(7-12)16-11/h2-6,8H,7,12H2,1H3,(H,13,15). The van der Waals surface area contributed by atoms with Gasteiger partial charge in [-0.25, -0.2) is 0 Å². The van der Waals surface area contributed by atoms with Crippen molar-refractivity contribution in [3.8, 4) is 0 Å². The topological polar surface area (TPSA) is 63.8 Å². The van der Waals surface area contributed by atoms with E-state index in [0.717, 1.165) is 10.1 Å². The van der Waals surface area contributed by atoms with Gasteiger partial charge >= 0.3 is 0 Å². The molecule has 2 aromatic rings. The molecule has 0 saturated carbocycles. The van der Waals surface area contributed by atoms with Gasteiger partial charge in [-0.05, 0) is 12.5 Å². The quantitative estimate of drug-likeness (QED) is 0.851. The molecule has 1 aromatic carbocycles. The van der Waals surface area contributed by atoms with Crippen LogP contribution in [0.1, 0.15) is 23.5 Å². The van der Waals surface area contributed by atoms with Gasteiger partial charge in [0.1, 0.15) is 5.01 Å². The zero-order valence-electron chi connectivity index (χ0n) is 9.05.